The molecule has 88 valence electrons. The summed E-state index contributed by atoms with van der Waals surface area (Å²) in [5.74, 6) is 1.67. The van der Waals surface area contributed by atoms with Crippen LogP contribution in [0.5, 0.6) is 0 Å². The summed E-state index contributed by atoms with van der Waals surface area (Å²) in [5.41, 5.74) is 0. The van der Waals surface area contributed by atoms with Crippen LogP contribution in [0.15, 0.2) is 0 Å². The number of nitrogens with one attached hydrogen (secondary N) is 2. The molecular formula is C12H24N2O. The Morgan fingerprint density at radius 3 is 2.73 bits per heavy atom. The van der Waals surface area contributed by atoms with E-state index in [0.29, 0.717) is 12.3 Å². The Hall–Kier alpha value is -0.570. The van der Waals surface area contributed by atoms with Crippen LogP contribution < -0.4 is 10.6 Å². The smallest absolute Gasteiger partial charge is 0.221 e. The fraction of sp³-hybridized carbons (Fsp3) is 0.917. The normalized spacial score (nSPS) is 26.3. The van der Waals surface area contributed by atoms with E-state index in [-0.39, 0.29) is 5.91 Å². The molecule has 1 aliphatic rings. The first-order valence-corrected chi connectivity index (χ1v) is 6.15. The molecule has 1 amide bonds. The fourth-order valence-electron chi connectivity index (χ4n) is 2.27. The molecule has 0 spiro atoms. The molecular weight excluding hydrogens is 188 g/mol. The summed E-state index contributed by atoms with van der Waals surface area (Å²) in [7, 11) is 1.87. The molecule has 2 unspecified atom stereocenters. The summed E-state index contributed by atoms with van der Waals surface area (Å²) in [5, 5.41) is 6.02. The van der Waals surface area contributed by atoms with E-state index in [0.717, 1.165) is 19.0 Å². The highest BCUT2D eigenvalue weighted by molar-refractivity contribution is 5.76. The van der Waals surface area contributed by atoms with Crippen molar-refractivity contribution in [3.8, 4) is 0 Å². The van der Waals surface area contributed by atoms with Gasteiger partial charge in [0, 0.05) is 19.5 Å². The topological polar surface area (TPSA) is 41.1 Å². The van der Waals surface area contributed by atoms with Crippen molar-refractivity contribution < 1.29 is 4.79 Å². The predicted molar refractivity (Wildman–Crippen MR) is 62.7 cm³/mol. The van der Waals surface area contributed by atoms with E-state index in [1.807, 2.05) is 7.05 Å². The number of rotatable bonds is 5. The van der Waals surface area contributed by atoms with Crippen LogP contribution >= 0.6 is 0 Å². The molecule has 0 aromatic carbocycles. The van der Waals surface area contributed by atoms with E-state index < -0.39 is 0 Å². The highest BCUT2D eigenvalue weighted by Crippen LogP contribution is 2.28. The second-order valence-electron chi connectivity index (χ2n) is 4.68. The Kier molecular flexibility index (Phi) is 5.69. The maximum atomic E-state index is 11.4. The third-order valence-electron chi connectivity index (χ3n) is 3.45. The largest absolute Gasteiger partial charge is 0.356 e. The van der Waals surface area contributed by atoms with Crippen molar-refractivity contribution in [1.82, 2.24) is 10.6 Å². The Morgan fingerprint density at radius 2 is 2.07 bits per heavy atom. The van der Waals surface area contributed by atoms with E-state index in [1.54, 1.807) is 0 Å². The average molecular weight is 212 g/mol. The molecule has 0 saturated heterocycles. The van der Waals surface area contributed by atoms with Gasteiger partial charge in [-0.05, 0) is 25.3 Å². The lowest BCUT2D eigenvalue weighted by atomic mass is 9.80. The van der Waals surface area contributed by atoms with Crippen LogP contribution in [0.1, 0.15) is 39.0 Å². The van der Waals surface area contributed by atoms with Gasteiger partial charge in [-0.15, -0.1) is 0 Å². The van der Waals surface area contributed by atoms with Gasteiger partial charge in [-0.25, -0.2) is 0 Å². The number of amides is 1. The molecule has 1 saturated carbocycles. The molecule has 15 heavy (non-hydrogen) atoms. The molecule has 2 atom stereocenters. The monoisotopic (exact) mass is 212 g/mol. The van der Waals surface area contributed by atoms with Gasteiger partial charge in [0.1, 0.15) is 0 Å². The van der Waals surface area contributed by atoms with E-state index in [2.05, 4.69) is 17.6 Å². The lowest BCUT2D eigenvalue weighted by molar-refractivity contribution is -0.121. The minimum atomic E-state index is 0.183. The van der Waals surface area contributed by atoms with Crippen LogP contribution in [-0.2, 0) is 4.79 Å². The Bertz CT molecular complexity index is 194. The minimum absolute atomic E-state index is 0.183. The zero-order valence-electron chi connectivity index (χ0n) is 10.0. The molecule has 1 rings (SSSR count). The number of hydrogen-bond donors (Lipinski definition) is 2. The third-order valence-corrected chi connectivity index (χ3v) is 3.45. The fourth-order valence-corrected chi connectivity index (χ4v) is 2.27. The maximum absolute atomic E-state index is 11.4. The van der Waals surface area contributed by atoms with Gasteiger partial charge in [0.05, 0.1) is 0 Å². The summed E-state index contributed by atoms with van der Waals surface area (Å²) in [4.78, 5) is 11.4. The van der Waals surface area contributed by atoms with Gasteiger partial charge >= 0.3 is 0 Å². The first-order valence-electron chi connectivity index (χ1n) is 6.15. The third kappa shape index (κ3) is 4.65. The zero-order chi connectivity index (χ0) is 11.1. The van der Waals surface area contributed by atoms with E-state index in [9.17, 15) is 4.79 Å². The summed E-state index contributed by atoms with van der Waals surface area (Å²) in [6.45, 7) is 3.96. The molecule has 3 nitrogen and oxygen atoms in total. The molecule has 0 aliphatic heterocycles. The van der Waals surface area contributed by atoms with Crippen LogP contribution in [0.4, 0.5) is 0 Å². The molecule has 3 heteroatoms. The maximum Gasteiger partial charge on any atom is 0.221 e. The molecule has 0 aromatic rings. The lowest BCUT2D eigenvalue weighted by Gasteiger charge is -2.28. The Morgan fingerprint density at radius 1 is 1.33 bits per heavy atom. The van der Waals surface area contributed by atoms with E-state index in [4.69, 9.17) is 0 Å². The highest BCUT2D eigenvalue weighted by atomic mass is 16.1. The first-order chi connectivity index (χ1) is 7.24. The van der Waals surface area contributed by atoms with Crippen molar-refractivity contribution >= 4 is 5.91 Å². The quantitative estimate of drug-likeness (QED) is 0.726. The van der Waals surface area contributed by atoms with Gasteiger partial charge in [-0.3, -0.25) is 4.79 Å². The van der Waals surface area contributed by atoms with Gasteiger partial charge in [0.2, 0.25) is 5.91 Å². The Labute approximate surface area is 93.0 Å². The van der Waals surface area contributed by atoms with Crippen molar-refractivity contribution in [2.45, 2.75) is 39.0 Å². The molecule has 0 bridgehead atoms. The number of carbonyl (C=O) groups is 1. The summed E-state index contributed by atoms with van der Waals surface area (Å²) in [6, 6.07) is 0. The van der Waals surface area contributed by atoms with Crippen LogP contribution in [0.25, 0.3) is 0 Å². The van der Waals surface area contributed by atoms with Gasteiger partial charge in [0.15, 0.2) is 0 Å². The van der Waals surface area contributed by atoms with E-state index >= 15 is 0 Å². The van der Waals surface area contributed by atoms with Gasteiger partial charge in [0.25, 0.3) is 0 Å². The van der Waals surface area contributed by atoms with Gasteiger partial charge in [-0.1, -0.05) is 26.2 Å². The van der Waals surface area contributed by atoms with Crippen LogP contribution in [0.3, 0.4) is 0 Å². The second kappa shape index (κ2) is 6.83. The van der Waals surface area contributed by atoms with Crippen molar-refractivity contribution in [1.29, 1.82) is 0 Å². The van der Waals surface area contributed by atoms with Crippen molar-refractivity contribution in [2.24, 2.45) is 11.8 Å². The molecule has 0 radical (unpaired) electrons. The number of carbonyl (C=O) groups excluding carboxylic acids is 1. The molecule has 1 fully saturated rings. The van der Waals surface area contributed by atoms with E-state index in [1.165, 1.54) is 25.7 Å². The molecule has 0 heterocycles. The zero-order valence-corrected chi connectivity index (χ0v) is 10.0. The Balaban J connectivity index is 2.14. The van der Waals surface area contributed by atoms with Crippen LogP contribution in [-0.4, -0.2) is 26.0 Å². The minimum Gasteiger partial charge on any atom is -0.356 e. The van der Waals surface area contributed by atoms with Crippen molar-refractivity contribution in [3.63, 3.8) is 0 Å². The molecule has 1 aliphatic carbocycles. The lowest BCUT2D eigenvalue weighted by Crippen LogP contribution is -2.34. The number of hydrogen-bond acceptors (Lipinski definition) is 2. The molecule has 0 aromatic heterocycles. The SMILES string of the molecule is CNCCC(=O)NCC1CCCCC1C. The first kappa shape index (κ1) is 12.5. The van der Waals surface area contributed by atoms with Gasteiger partial charge < -0.3 is 10.6 Å². The van der Waals surface area contributed by atoms with Gasteiger partial charge in [-0.2, -0.15) is 0 Å². The van der Waals surface area contributed by atoms with Crippen molar-refractivity contribution in [2.75, 3.05) is 20.1 Å². The summed E-state index contributed by atoms with van der Waals surface area (Å²) >= 11 is 0. The second-order valence-corrected chi connectivity index (χ2v) is 4.68. The summed E-state index contributed by atoms with van der Waals surface area (Å²) < 4.78 is 0. The van der Waals surface area contributed by atoms with Crippen LogP contribution in [0, 0.1) is 11.8 Å². The highest BCUT2D eigenvalue weighted by Gasteiger charge is 2.21. The standard InChI is InChI=1S/C12H24N2O/c1-10-5-3-4-6-11(10)9-14-12(15)7-8-13-2/h10-11,13H,3-9H2,1-2H3,(H,14,15). The molecule has 2 N–H and O–H groups in total. The van der Waals surface area contributed by atoms with Crippen molar-refractivity contribution in [3.05, 3.63) is 0 Å². The summed E-state index contributed by atoms with van der Waals surface area (Å²) in [6.07, 6.45) is 5.91. The van der Waals surface area contributed by atoms with Crippen LogP contribution in [0.2, 0.25) is 0 Å². The average Bonchev–Trinajstić information content (AvgIpc) is 2.25. The predicted octanol–water partition coefficient (Wildman–Crippen LogP) is 1.54.